The minimum absolute atomic E-state index is 0.0286. The second-order valence-electron chi connectivity index (χ2n) is 13.7. The number of nitrogens with zero attached hydrogens (tertiary/aromatic N) is 5. The number of piperazine rings is 1. The molecule has 1 fully saturated rings. The quantitative estimate of drug-likeness (QED) is 0.197. The zero-order chi connectivity index (χ0) is 33.8. The molecule has 2 aliphatic rings. The van der Waals surface area contributed by atoms with Gasteiger partial charge in [0.15, 0.2) is 0 Å². The van der Waals surface area contributed by atoms with Crippen molar-refractivity contribution in [2.45, 2.75) is 59.6 Å². The Hall–Kier alpha value is -4.63. The summed E-state index contributed by atoms with van der Waals surface area (Å²) in [5.74, 6) is 1.74. The Morgan fingerprint density at radius 3 is 2.33 bits per heavy atom. The van der Waals surface area contributed by atoms with Crippen molar-refractivity contribution in [1.82, 2.24) is 19.4 Å². The molecule has 1 aromatic heterocycles. The molecule has 2 aliphatic heterocycles. The van der Waals surface area contributed by atoms with E-state index in [1.54, 1.807) is 4.90 Å². The van der Waals surface area contributed by atoms with Gasteiger partial charge in [-0.3, -0.25) is 9.69 Å². The third-order valence-corrected chi connectivity index (χ3v) is 9.00. The maximum Gasteiger partial charge on any atom is 0.410 e. The highest BCUT2D eigenvalue weighted by atomic mass is 16.6. The van der Waals surface area contributed by atoms with Gasteiger partial charge in [-0.1, -0.05) is 48.5 Å². The number of hydrogen-bond acceptors (Lipinski definition) is 6. The first-order chi connectivity index (χ1) is 23.1. The largest absolute Gasteiger partial charge is 0.493 e. The van der Waals surface area contributed by atoms with E-state index >= 15 is 0 Å². The Labute approximate surface area is 284 Å². The lowest BCUT2D eigenvalue weighted by atomic mass is 10.1. The number of carbonyl (C=O) groups excluding carboxylic acids is 2. The van der Waals surface area contributed by atoms with Crippen molar-refractivity contribution in [3.8, 4) is 17.0 Å². The van der Waals surface area contributed by atoms with E-state index in [1.165, 1.54) is 5.56 Å². The van der Waals surface area contributed by atoms with E-state index in [0.29, 0.717) is 38.2 Å². The Bertz CT molecular complexity index is 1750. The smallest absolute Gasteiger partial charge is 0.410 e. The van der Waals surface area contributed by atoms with Crippen LogP contribution >= 0.6 is 0 Å². The summed E-state index contributed by atoms with van der Waals surface area (Å²) in [6.07, 6.45) is 1.31. The molecular weight excluding hydrogens is 602 g/mol. The van der Waals surface area contributed by atoms with Crippen molar-refractivity contribution in [2.24, 2.45) is 0 Å². The van der Waals surface area contributed by atoms with Crippen molar-refractivity contribution < 1.29 is 19.1 Å². The molecule has 0 spiro atoms. The SMILES string of the molecule is Cc1cc(C(=O)N2CCc3nc(C)n(Cc4ccccc4)c3-c3ccccc32)ccc1OCCCN1CCN(C(=O)OC(C)(C)C)CC1. The van der Waals surface area contributed by atoms with Gasteiger partial charge in [0.05, 0.1) is 23.7 Å². The van der Waals surface area contributed by atoms with Crippen LogP contribution in [0.25, 0.3) is 11.3 Å². The monoisotopic (exact) mass is 649 g/mol. The molecular formula is C39H47N5O4. The Morgan fingerprint density at radius 2 is 1.60 bits per heavy atom. The minimum Gasteiger partial charge on any atom is -0.493 e. The van der Waals surface area contributed by atoms with Crippen LogP contribution in [0.4, 0.5) is 10.5 Å². The van der Waals surface area contributed by atoms with Gasteiger partial charge >= 0.3 is 6.09 Å². The first-order valence-corrected chi connectivity index (χ1v) is 17.0. The number of carbonyl (C=O) groups is 2. The molecule has 4 aromatic rings. The average molecular weight is 650 g/mol. The molecule has 9 heteroatoms. The van der Waals surface area contributed by atoms with E-state index in [4.69, 9.17) is 14.5 Å². The molecule has 1 saturated heterocycles. The number of hydrogen-bond donors (Lipinski definition) is 0. The number of aryl methyl sites for hydroxylation is 2. The highest BCUT2D eigenvalue weighted by Gasteiger charge is 2.29. The van der Waals surface area contributed by atoms with Gasteiger partial charge in [-0.25, -0.2) is 9.78 Å². The number of amides is 2. The second kappa shape index (κ2) is 14.2. The number of aromatic nitrogens is 2. The zero-order valence-electron chi connectivity index (χ0n) is 28.9. The van der Waals surface area contributed by atoms with Crippen LogP contribution in [0.5, 0.6) is 5.75 Å². The fraction of sp³-hybridized carbons (Fsp3) is 0.410. The molecule has 3 aromatic carbocycles. The molecule has 2 amide bonds. The summed E-state index contributed by atoms with van der Waals surface area (Å²) in [7, 11) is 0. The Balaban J connectivity index is 1.07. The number of imidazole rings is 1. The number of rotatable bonds is 8. The number of ether oxygens (including phenoxy) is 2. The van der Waals surface area contributed by atoms with Crippen LogP contribution in [0.1, 0.15) is 60.2 Å². The van der Waals surface area contributed by atoms with Crippen molar-refractivity contribution in [3.05, 3.63) is 101 Å². The van der Waals surface area contributed by atoms with E-state index in [0.717, 1.165) is 72.4 Å². The molecule has 0 N–H and O–H groups in total. The molecule has 0 aliphatic carbocycles. The summed E-state index contributed by atoms with van der Waals surface area (Å²) >= 11 is 0. The predicted molar refractivity (Wildman–Crippen MR) is 189 cm³/mol. The third-order valence-electron chi connectivity index (χ3n) is 9.00. The Morgan fingerprint density at radius 1 is 0.875 bits per heavy atom. The maximum atomic E-state index is 14.1. The van der Waals surface area contributed by atoms with E-state index in [9.17, 15) is 9.59 Å². The summed E-state index contributed by atoms with van der Waals surface area (Å²) in [4.78, 5) is 37.4. The van der Waals surface area contributed by atoms with Crippen molar-refractivity contribution in [2.75, 3.05) is 50.8 Å². The standard InChI is InChI=1S/C39H47N5O4/c1-28-26-31(16-17-35(28)47-25-11-19-41-21-23-42(24-22-41)38(46)48-39(3,4)5)37(45)43-20-18-33-36(32-14-9-10-15-34(32)43)44(29(2)40-33)27-30-12-7-6-8-13-30/h6-10,12-17,26H,11,18-25,27H2,1-5H3. The van der Waals surface area contributed by atoms with Crippen LogP contribution in [0.3, 0.4) is 0 Å². The zero-order valence-corrected chi connectivity index (χ0v) is 28.9. The maximum absolute atomic E-state index is 14.1. The fourth-order valence-corrected chi connectivity index (χ4v) is 6.57. The molecule has 0 saturated carbocycles. The summed E-state index contributed by atoms with van der Waals surface area (Å²) in [6.45, 7) is 15.5. The number of fused-ring (bicyclic) bond motifs is 3. The number of benzene rings is 3. The molecule has 0 unspecified atom stereocenters. The second-order valence-corrected chi connectivity index (χ2v) is 13.7. The summed E-state index contributed by atoms with van der Waals surface area (Å²) in [5, 5.41) is 0. The van der Waals surface area contributed by atoms with E-state index in [2.05, 4.69) is 46.7 Å². The lowest BCUT2D eigenvalue weighted by molar-refractivity contribution is 0.0142. The summed E-state index contributed by atoms with van der Waals surface area (Å²) in [6, 6.07) is 24.3. The predicted octanol–water partition coefficient (Wildman–Crippen LogP) is 6.74. The van der Waals surface area contributed by atoms with Crippen molar-refractivity contribution >= 4 is 17.7 Å². The van der Waals surface area contributed by atoms with E-state index in [-0.39, 0.29) is 12.0 Å². The molecule has 0 radical (unpaired) electrons. The normalized spacial score (nSPS) is 15.0. The molecule has 0 bridgehead atoms. The molecule has 48 heavy (non-hydrogen) atoms. The van der Waals surface area contributed by atoms with Gasteiger partial charge in [-0.2, -0.15) is 0 Å². The first kappa shape index (κ1) is 33.3. The van der Waals surface area contributed by atoms with Crippen molar-refractivity contribution in [1.29, 1.82) is 0 Å². The van der Waals surface area contributed by atoms with E-state index in [1.807, 2.05) is 75.1 Å². The highest BCUT2D eigenvalue weighted by Crippen LogP contribution is 2.38. The van der Waals surface area contributed by atoms with Crippen LogP contribution in [-0.2, 0) is 17.7 Å². The number of anilines is 1. The summed E-state index contributed by atoms with van der Waals surface area (Å²) < 4.78 is 13.9. The van der Waals surface area contributed by atoms with Gasteiger partial charge in [0.1, 0.15) is 17.2 Å². The highest BCUT2D eigenvalue weighted by molar-refractivity contribution is 6.08. The van der Waals surface area contributed by atoms with Crippen LogP contribution in [0, 0.1) is 13.8 Å². The van der Waals surface area contributed by atoms with Gasteiger partial charge < -0.3 is 23.8 Å². The van der Waals surface area contributed by atoms with Crippen LogP contribution in [-0.4, -0.2) is 82.8 Å². The topological polar surface area (TPSA) is 80.1 Å². The van der Waals surface area contributed by atoms with E-state index < -0.39 is 5.60 Å². The number of para-hydroxylation sites is 1. The molecule has 6 rings (SSSR count). The fourth-order valence-electron chi connectivity index (χ4n) is 6.57. The van der Waals surface area contributed by atoms with Gasteiger partial charge in [-0.15, -0.1) is 0 Å². The lowest BCUT2D eigenvalue weighted by Gasteiger charge is -2.35. The molecule has 3 heterocycles. The Kier molecular flexibility index (Phi) is 9.87. The van der Waals surface area contributed by atoms with Gasteiger partial charge in [-0.05, 0) is 76.4 Å². The van der Waals surface area contributed by atoms with Gasteiger partial charge in [0, 0.05) is 63.4 Å². The van der Waals surface area contributed by atoms with Gasteiger partial charge in [0.25, 0.3) is 5.91 Å². The third kappa shape index (κ3) is 7.57. The lowest BCUT2D eigenvalue weighted by Crippen LogP contribution is -2.50. The summed E-state index contributed by atoms with van der Waals surface area (Å²) in [5.41, 5.74) is 6.35. The first-order valence-electron chi connectivity index (χ1n) is 17.0. The molecule has 252 valence electrons. The van der Waals surface area contributed by atoms with Crippen LogP contribution in [0.15, 0.2) is 72.8 Å². The molecule has 0 atom stereocenters. The van der Waals surface area contributed by atoms with Crippen molar-refractivity contribution in [3.63, 3.8) is 0 Å². The minimum atomic E-state index is -0.481. The van der Waals surface area contributed by atoms with Crippen LogP contribution in [0.2, 0.25) is 0 Å². The van der Waals surface area contributed by atoms with Crippen LogP contribution < -0.4 is 9.64 Å². The molecule has 9 nitrogen and oxygen atoms in total. The average Bonchev–Trinajstić information content (AvgIpc) is 3.27. The van der Waals surface area contributed by atoms with Gasteiger partial charge in [0.2, 0.25) is 0 Å².